The van der Waals surface area contributed by atoms with Gasteiger partial charge in [0, 0.05) is 50.5 Å². The first-order valence-electron chi connectivity index (χ1n) is 24.7. The molecule has 0 aliphatic carbocycles. The Morgan fingerprint density at radius 1 is 0.518 bits per heavy atom. The Hall–Kier alpha value is -6.54. The number of hydrogen-bond acceptors (Lipinski definition) is 6. The standard InChI is InChI=1S/2C27H25Cl2F6N3O3.H2O/c2*1-38(25(41)16-12-17(26(30,31)32)14-18(13-16)27(33,34)35)19(10-15-5-7-20(28)21(29)11-15)6-8-23(39)37-22-4-2-3-9-36-24(22)40;/h2*5-8,11-14,19,22H,2-4,9-10H2,1H3,(H,36,40)(H,37,39);1H2/b2*8-6+;/t2*19-,22+;/m00./s1. The van der Waals surface area contributed by atoms with E-state index in [0.29, 0.717) is 74.2 Å². The van der Waals surface area contributed by atoms with Gasteiger partial charge in [0.1, 0.15) is 12.1 Å². The fraction of sp³-hybridized carbons (Fsp3) is 0.370. The zero-order valence-corrected chi connectivity index (χ0v) is 46.5. The summed E-state index contributed by atoms with van der Waals surface area (Å²) in [5.41, 5.74) is -7.22. The number of nitrogens with one attached hydrogen (secondary N) is 4. The van der Waals surface area contributed by atoms with E-state index < -0.39 is 106 Å². The Morgan fingerprint density at radius 3 is 1.12 bits per heavy atom. The first kappa shape index (κ1) is 69.0. The van der Waals surface area contributed by atoms with Gasteiger partial charge in [0.15, 0.2) is 0 Å². The van der Waals surface area contributed by atoms with E-state index in [9.17, 15) is 81.5 Å². The van der Waals surface area contributed by atoms with Crippen molar-refractivity contribution in [2.24, 2.45) is 0 Å². The topological polar surface area (TPSA) is 189 Å². The van der Waals surface area contributed by atoms with Crippen LogP contribution < -0.4 is 21.3 Å². The Bertz CT molecular complexity index is 2800. The number of hydrogen-bond donors (Lipinski definition) is 4. The Labute approximate surface area is 487 Å². The number of carbonyl (C=O) groups excluding carboxylic acids is 6. The fourth-order valence-electron chi connectivity index (χ4n) is 8.34. The van der Waals surface area contributed by atoms with Crippen molar-refractivity contribution in [3.63, 3.8) is 0 Å². The highest BCUT2D eigenvalue weighted by molar-refractivity contribution is 6.42. The molecule has 4 aromatic carbocycles. The van der Waals surface area contributed by atoms with Gasteiger partial charge >= 0.3 is 24.7 Å². The lowest BCUT2D eigenvalue weighted by atomic mass is 10.0. The average Bonchev–Trinajstić information content (AvgIpc) is 3.83. The minimum absolute atomic E-state index is 0. The van der Waals surface area contributed by atoms with E-state index >= 15 is 0 Å². The number of nitrogens with zero attached hydrogens (tertiary/aromatic N) is 2. The average molecular weight is 1270 g/mol. The molecule has 6 rings (SSSR count). The van der Waals surface area contributed by atoms with Crippen LogP contribution in [0.1, 0.15) is 92.6 Å². The molecule has 13 nitrogen and oxygen atoms in total. The van der Waals surface area contributed by atoms with Gasteiger partial charge in [0.25, 0.3) is 11.8 Å². The minimum atomic E-state index is -5.14. The number of amides is 6. The Kier molecular flexibility index (Phi) is 24.4. The summed E-state index contributed by atoms with van der Waals surface area (Å²) in [6, 6.07) is 6.62. The van der Waals surface area contributed by atoms with E-state index in [1.807, 2.05) is 0 Å². The number of alkyl halides is 12. The maximum Gasteiger partial charge on any atom is 0.416 e. The normalized spacial score (nSPS) is 16.9. The third kappa shape index (κ3) is 20.3. The molecule has 0 unspecified atom stereocenters. The van der Waals surface area contributed by atoms with Crippen LogP contribution in [0.5, 0.6) is 0 Å². The summed E-state index contributed by atoms with van der Waals surface area (Å²) < 4.78 is 160. The van der Waals surface area contributed by atoms with E-state index in [1.54, 1.807) is 12.1 Å². The molecule has 4 aromatic rings. The summed E-state index contributed by atoms with van der Waals surface area (Å²) >= 11 is 24.1. The first-order chi connectivity index (χ1) is 38.1. The van der Waals surface area contributed by atoms with Gasteiger partial charge in [0.05, 0.1) is 54.4 Å². The molecule has 2 saturated heterocycles. The number of rotatable bonds is 14. The highest BCUT2D eigenvalue weighted by Crippen LogP contribution is 2.39. The van der Waals surface area contributed by atoms with Crippen LogP contribution in [-0.4, -0.2) is 102 Å². The summed E-state index contributed by atoms with van der Waals surface area (Å²) in [4.78, 5) is 77.9. The predicted octanol–water partition coefficient (Wildman–Crippen LogP) is 11.3. The number of likely N-dealkylation sites (N-methyl/N-ethyl adjacent to an activating group) is 2. The van der Waals surface area contributed by atoms with Crippen LogP contribution in [0.15, 0.2) is 97.1 Å². The van der Waals surface area contributed by atoms with Crippen molar-refractivity contribution < 1.29 is 86.9 Å². The lowest BCUT2D eigenvalue weighted by molar-refractivity contribution is -0.144. The van der Waals surface area contributed by atoms with Crippen LogP contribution in [0.2, 0.25) is 20.1 Å². The van der Waals surface area contributed by atoms with E-state index in [4.69, 9.17) is 46.4 Å². The largest absolute Gasteiger partial charge is 0.416 e. The fourth-order valence-corrected chi connectivity index (χ4v) is 8.98. The molecule has 0 aromatic heterocycles. The van der Waals surface area contributed by atoms with Crippen LogP contribution >= 0.6 is 46.4 Å². The molecule has 2 aliphatic heterocycles. The van der Waals surface area contributed by atoms with Crippen LogP contribution in [0, 0.1) is 0 Å². The lowest BCUT2D eigenvalue weighted by Gasteiger charge is -2.27. The van der Waals surface area contributed by atoms with Crippen molar-refractivity contribution >= 4 is 81.8 Å². The third-order valence-electron chi connectivity index (χ3n) is 12.8. The molecule has 29 heteroatoms. The minimum Gasteiger partial charge on any atom is -0.412 e. The molecule has 83 heavy (non-hydrogen) atoms. The van der Waals surface area contributed by atoms with Crippen molar-refractivity contribution in [2.45, 2.75) is 100 Å². The Balaban J connectivity index is 0.000000352. The maximum atomic E-state index is 13.4. The van der Waals surface area contributed by atoms with Gasteiger partial charge in [-0.1, -0.05) is 70.7 Å². The van der Waals surface area contributed by atoms with Gasteiger partial charge in [-0.05, 0) is 123 Å². The third-order valence-corrected chi connectivity index (χ3v) is 14.3. The second-order valence-electron chi connectivity index (χ2n) is 18.9. The van der Waals surface area contributed by atoms with E-state index in [1.165, 1.54) is 50.5 Å². The molecular formula is C54H52Cl4F12N6O7. The van der Waals surface area contributed by atoms with Crippen molar-refractivity contribution in [3.05, 3.63) is 162 Å². The summed E-state index contributed by atoms with van der Waals surface area (Å²) in [7, 11) is 2.36. The quantitative estimate of drug-likeness (QED) is 0.0718. The van der Waals surface area contributed by atoms with Gasteiger partial charge in [0.2, 0.25) is 23.6 Å². The van der Waals surface area contributed by atoms with Crippen molar-refractivity contribution in [1.29, 1.82) is 0 Å². The van der Waals surface area contributed by atoms with Crippen LogP contribution in [-0.2, 0) is 56.7 Å². The molecule has 6 N–H and O–H groups in total. The van der Waals surface area contributed by atoms with Gasteiger partial charge in [-0.25, -0.2) is 0 Å². The molecule has 2 heterocycles. The lowest BCUT2D eigenvalue weighted by Crippen LogP contribution is -2.45. The molecule has 2 aliphatic rings. The van der Waals surface area contributed by atoms with E-state index in [0.717, 1.165) is 34.8 Å². The number of carbonyl (C=O) groups is 6. The molecule has 4 atom stereocenters. The van der Waals surface area contributed by atoms with Crippen LogP contribution in [0.4, 0.5) is 52.7 Å². The smallest absolute Gasteiger partial charge is 0.412 e. The summed E-state index contributed by atoms with van der Waals surface area (Å²) in [5, 5.41) is 11.3. The second-order valence-corrected chi connectivity index (χ2v) is 20.5. The number of halogens is 16. The van der Waals surface area contributed by atoms with Gasteiger partial charge < -0.3 is 36.5 Å². The molecule has 2 fully saturated rings. The molecule has 0 radical (unpaired) electrons. The highest BCUT2D eigenvalue weighted by Gasteiger charge is 2.40. The SMILES string of the molecule is CN(C(=O)c1cc(C(F)(F)F)cc(C(F)(F)F)c1)[C@@H](/C=C/C(=O)N[C@@H]1CCCCNC1=O)Cc1ccc(Cl)c(Cl)c1.CN(C(=O)c1cc(C(F)(F)F)cc(C(F)(F)F)c1)[C@@H](/C=C/C(=O)N[C@@H]1CCCCNC1=O)Cc1ccc(Cl)c(Cl)c1.O. The van der Waals surface area contributed by atoms with Crippen molar-refractivity contribution in [2.75, 3.05) is 27.2 Å². The molecule has 0 saturated carbocycles. The van der Waals surface area contributed by atoms with E-state index in [2.05, 4.69) is 21.3 Å². The van der Waals surface area contributed by atoms with Crippen molar-refractivity contribution in [3.8, 4) is 0 Å². The monoisotopic (exact) mass is 1260 g/mol. The maximum absolute atomic E-state index is 13.4. The zero-order valence-electron chi connectivity index (χ0n) is 43.5. The van der Waals surface area contributed by atoms with Gasteiger partial charge in [-0.3, -0.25) is 28.8 Å². The van der Waals surface area contributed by atoms with Crippen LogP contribution in [0.25, 0.3) is 0 Å². The molecular weight excluding hydrogens is 1210 g/mol. The van der Waals surface area contributed by atoms with Crippen molar-refractivity contribution in [1.82, 2.24) is 31.1 Å². The van der Waals surface area contributed by atoms with Gasteiger partial charge in [-0.15, -0.1) is 0 Å². The molecule has 6 amide bonds. The van der Waals surface area contributed by atoms with Gasteiger partial charge in [-0.2, -0.15) is 52.7 Å². The van der Waals surface area contributed by atoms with E-state index in [-0.39, 0.29) is 62.4 Å². The highest BCUT2D eigenvalue weighted by atomic mass is 35.5. The summed E-state index contributed by atoms with van der Waals surface area (Å²) in [5.74, 6) is -4.36. The summed E-state index contributed by atoms with van der Waals surface area (Å²) in [6.07, 6.45) is -12.3. The predicted molar refractivity (Wildman–Crippen MR) is 284 cm³/mol. The molecule has 452 valence electrons. The Morgan fingerprint density at radius 2 is 0.831 bits per heavy atom. The summed E-state index contributed by atoms with van der Waals surface area (Å²) in [6.45, 7) is 0.955. The second kappa shape index (κ2) is 29.3. The first-order valence-corrected chi connectivity index (χ1v) is 26.2. The zero-order chi connectivity index (χ0) is 61.1. The van der Waals surface area contributed by atoms with Crippen LogP contribution in [0.3, 0.4) is 0 Å². The molecule has 0 bridgehead atoms. The molecule has 0 spiro atoms. The number of benzene rings is 4.